The molecule has 1 N–H and O–H groups in total. The minimum atomic E-state index is 0. The van der Waals surface area contributed by atoms with Crippen LogP contribution >= 0.6 is 11.3 Å². The van der Waals surface area contributed by atoms with E-state index in [1.54, 1.807) is 0 Å². The number of carbonyl (C=O) groups excluding carboxylic acids is 1. The van der Waals surface area contributed by atoms with Gasteiger partial charge in [0.2, 0.25) is 0 Å². The number of thiophene rings is 1. The Bertz CT molecular complexity index is 1990. The van der Waals surface area contributed by atoms with E-state index in [-0.39, 0.29) is 48.9 Å². The molecule has 1 aliphatic carbocycles. The maximum Gasteiger partial charge on any atom is 0.162 e. The molecule has 3 aromatic carbocycles. The van der Waals surface area contributed by atoms with Crippen molar-refractivity contribution in [1.82, 2.24) is 4.98 Å². The Morgan fingerprint density at radius 1 is 0.906 bits per heavy atom. The number of fused-ring (bicyclic) bond motifs is 1. The van der Waals surface area contributed by atoms with E-state index in [9.17, 15) is 9.90 Å². The largest absolute Gasteiger partial charge is 0.512 e. The van der Waals surface area contributed by atoms with Crippen molar-refractivity contribution in [2.75, 3.05) is 0 Å². The van der Waals surface area contributed by atoms with E-state index in [2.05, 4.69) is 106 Å². The van der Waals surface area contributed by atoms with Crippen LogP contribution in [-0.4, -0.2) is 15.9 Å². The Morgan fingerprint density at radius 3 is 2.25 bits per heavy atom. The number of aryl methyl sites for hydroxylation is 1. The van der Waals surface area contributed by atoms with Gasteiger partial charge in [-0.2, -0.15) is 0 Å². The number of aliphatic hydroxyl groups excluding tert-OH is 1. The third kappa shape index (κ3) is 10.4. The molecular formula is C48H58IrNO2S-. The second-order valence-corrected chi connectivity index (χ2v) is 16.5. The summed E-state index contributed by atoms with van der Waals surface area (Å²) in [7, 11) is 0. The second-order valence-electron chi connectivity index (χ2n) is 15.6. The molecule has 0 spiro atoms. The summed E-state index contributed by atoms with van der Waals surface area (Å²) in [4.78, 5) is 17.9. The van der Waals surface area contributed by atoms with Gasteiger partial charge < -0.3 is 5.11 Å². The van der Waals surface area contributed by atoms with Crippen molar-refractivity contribution in [3.8, 4) is 32.8 Å². The van der Waals surface area contributed by atoms with E-state index in [1.807, 2.05) is 45.2 Å². The van der Waals surface area contributed by atoms with Gasteiger partial charge in [0.05, 0.1) is 5.76 Å². The predicted molar refractivity (Wildman–Crippen MR) is 223 cm³/mol. The molecule has 0 saturated heterocycles. The fourth-order valence-corrected chi connectivity index (χ4v) is 8.49. The molecule has 1 fully saturated rings. The van der Waals surface area contributed by atoms with Gasteiger partial charge in [-0.1, -0.05) is 121 Å². The topological polar surface area (TPSA) is 50.2 Å². The van der Waals surface area contributed by atoms with Gasteiger partial charge in [0.25, 0.3) is 0 Å². The quantitative estimate of drug-likeness (QED) is 0.0816. The SMILES string of the molecule is CCC(CC)C(=O)/C=C(\O)C(CC)CC.Cc1cnc(-c2[c-]c3ccccc3c(C(C)(C)C)c2)cc1-c1csc(-c2cccc(C3CCCC3)c2)c1.[Ir]. The molecule has 2 heterocycles. The number of rotatable bonds is 11. The van der Waals surface area contributed by atoms with Crippen LogP contribution in [0.4, 0.5) is 0 Å². The van der Waals surface area contributed by atoms with Crippen LogP contribution in [0.5, 0.6) is 0 Å². The zero-order valence-corrected chi connectivity index (χ0v) is 36.2. The van der Waals surface area contributed by atoms with Crippen LogP contribution in [0.1, 0.15) is 122 Å². The number of aromatic nitrogens is 1. The summed E-state index contributed by atoms with van der Waals surface area (Å²) in [5.41, 5.74) is 9.97. The Kier molecular flexibility index (Phi) is 15.4. The van der Waals surface area contributed by atoms with Crippen LogP contribution in [0, 0.1) is 24.8 Å². The Balaban J connectivity index is 0.000000335. The van der Waals surface area contributed by atoms with Crippen LogP contribution < -0.4 is 0 Å². The molecule has 1 radical (unpaired) electrons. The zero-order chi connectivity index (χ0) is 37.4. The van der Waals surface area contributed by atoms with E-state index < -0.39 is 0 Å². The number of hydrogen-bond donors (Lipinski definition) is 1. The number of pyridine rings is 1. The summed E-state index contributed by atoms with van der Waals surface area (Å²) >= 11 is 1.84. The van der Waals surface area contributed by atoms with E-state index in [4.69, 9.17) is 4.98 Å². The molecule has 0 bridgehead atoms. The van der Waals surface area contributed by atoms with E-state index in [0.29, 0.717) is 0 Å². The van der Waals surface area contributed by atoms with Crippen molar-refractivity contribution < 1.29 is 30.0 Å². The van der Waals surface area contributed by atoms with Crippen molar-refractivity contribution in [2.45, 2.75) is 118 Å². The monoisotopic (exact) mass is 905 g/mol. The second kappa shape index (κ2) is 19.3. The third-order valence-electron chi connectivity index (χ3n) is 11.0. The number of ketones is 1. The molecule has 5 aromatic rings. The molecule has 0 unspecified atom stereocenters. The summed E-state index contributed by atoms with van der Waals surface area (Å²) in [5.74, 6) is 1.28. The summed E-state index contributed by atoms with van der Waals surface area (Å²) in [5, 5.41) is 14.5. The van der Waals surface area contributed by atoms with Crippen molar-refractivity contribution in [3.63, 3.8) is 0 Å². The summed E-state index contributed by atoms with van der Waals surface area (Å²) in [6.07, 6.45) is 12.3. The first-order chi connectivity index (χ1) is 25.0. The van der Waals surface area contributed by atoms with Crippen molar-refractivity contribution in [1.29, 1.82) is 0 Å². The molecule has 6 rings (SSSR count). The maximum atomic E-state index is 11.7. The van der Waals surface area contributed by atoms with Gasteiger partial charge in [-0.3, -0.25) is 9.78 Å². The van der Waals surface area contributed by atoms with E-state index in [0.717, 1.165) is 48.2 Å². The Morgan fingerprint density at radius 2 is 1.58 bits per heavy atom. The van der Waals surface area contributed by atoms with Crippen molar-refractivity contribution >= 4 is 27.9 Å². The number of aliphatic hydroxyl groups is 1. The fraction of sp³-hybridized carbons (Fsp3) is 0.417. The average Bonchev–Trinajstić information content (AvgIpc) is 3.86. The number of carbonyl (C=O) groups is 1. The van der Waals surface area contributed by atoms with Gasteiger partial charge in [-0.05, 0) is 96.0 Å². The molecule has 3 nitrogen and oxygen atoms in total. The van der Waals surface area contributed by atoms with E-state index in [1.165, 1.54) is 75.4 Å². The first-order valence-corrected chi connectivity index (χ1v) is 20.4. The normalized spacial score (nSPS) is 13.7. The molecule has 1 aliphatic rings. The number of allylic oxidation sites excluding steroid dienone is 2. The van der Waals surface area contributed by atoms with Crippen molar-refractivity contribution in [2.24, 2.45) is 11.8 Å². The summed E-state index contributed by atoms with van der Waals surface area (Å²) < 4.78 is 0. The van der Waals surface area contributed by atoms with E-state index >= 15 is 0 Å². The molecule has 5 heteroatoms. The predicted octanol–water partition coefficient (Wildman–Crippen LogP) is 14.2. The number of hydrogen-bond acceptors (Lipinski definition) is 4. The molecule has 0 aliphatic heterocycles. The Labute approximate surface area is 336 Å². The average molecular weight is 905 g/mol. The summed E-state index contributed by atoms with van der Waals surface area (Å²) in [6, 6.07) is 28.4. The molecule has 283 valence electrons. The van der Waals surface area contributed by atoms with Crippen LogP contribution in [0.3, 0.4) is 0 Å². The molecule has 2 aromatic heterocycles. The van der Waals surface area contributed by atoms with Gasteiger partial charge in [-0.15, -0.1) is 40.5 Å². The number of nitrogens with zero attached hydrogens (tertiary/aromatic N) is 1. The van der Waals surface area contributed by atoms with Crippen LogP contribution in [0.2, 0.25) is 0 Å². The minimum Gasteiger partial charge on any atom is -0.512 e. The molecule has 53 heavy (non-hydrogen) atoms. The molecule has 1 saturated carbocycles. The third-order valence-corrected chi connectivity index (χ3v) is 11.9. The summed E-state index contributed by atoms with van der Waals surface area (Å²) in [6.45, 7) is 17.1. The Hall–Kier alpha value is -3.37. The van der Waals surface area contributed by atoms with Crippen LogP contribution in [0.15, 0.2) is 90.1 Å². The molecular weight excluding hydrogens is 847 g/mol. The van der Waals surface area contributed by atoms with Gasteiger partial charge in [0.15, 0.2) is 5.78 Å². The standard InChI is InChI=1S/C35H34NS.C13H24O2.Ir/c1-23-21-36-33(28-17-26-12-7-8-15-30(26)32(18-28)35(2,3)4)20-31(23)29-19-34(37-22-29)27-14-9-13-25(16-27)24-10-5-6-11-24;1-5-10(6-2)12(14)9-13(15)11(7-3)8-4;/h7-9,12-16,18-22,24H,5-6,10-11H2,1-4H3;9-11,14H,5-8H2,1-4H3;/q-1;;/b;12-9-;. The van der Waals surface area contributed by atoms with Crippen molar-refractivity contribution in [3.05, 3.63) is 113 Å². The van der Waals surface area contributed by atoms with Crippen LogP contribution in [-0.2, 0) is 30.3 Å². The minimum absolute atomic E-state index is 0. The molecule has 0 atom stereocenters. The van der Waals surface area contributed by atoms with Gasteiger partial charge in [0, 0.05) is 54.8 Å². The zero-order valence-electron chi connectivity index (χ0n) is 33.0. The van der Waals surface area contributed by atoms with Crippen LogP contribution in [0.25, 0.3) is 43.6 Å². The van der Waals surface area contributed by atoms with Gasteiger partial charge in [0.1, 0.15) is 0 Å². The fourth-order valence-electron chi connectivity index (χ4n) is 7.58. The smallest absolute Gasteiger partial charge is 0.162 e. The molecule has 0 amide bonds. The first-order valence-electron chi connectivity index (χ1n) is 19.5. The first kappa shape index (κ1) is 42.4. The number of benzene rings is 3. The maximum absolute atomic E-state index is 11.7. The van der Waals surface area contributed by atoms with Gasteiger partial charge >= 0.3 is 0 Å². The van der Waals surface area contributed by atoms with Gasteiger partial charge in [-0.25, -0.2) is 0 Å².